The Morgan fingerprint density at radius 3 is 2.80 bits per heavy atom. The Morgan fingerprint density at radius 2 is 2.08 bits per heavy atom. The monoisotopic (exact) mass is 363 g/mol. The third-order valence-corrected chi connectivity index (χ3v) is 3.92. The summed E-state index contributed by atoms with van der Waals surface area (Å²) >= 11 is 5.23. The maximum atomic E-state index is 12.8. The lowest BCUT2D eigenvalue weighted by Crippen LogP contribution is -2.28. The Labute approximate surface area is 147 Å². The van der Waals surface area contributed by atoms with Gasteiger partial charge in [0.15, 0.2) is 4.77 Å². The molecule has 2 heterocycles. The maximum absolute atomic E-state index is 12.8. The fraction of sp³-hybridized carbons (Fsp3) is 0.188. The molecule has 0 bridgehead atoms. The van der Waals surface area contributed by atoms with E-state index in [4.69, 9.17) is 12.2 Å². The molecule has 0 aliphatic rings. The first-order valence-electron chi connectivity index (χ1n) is 7.52. The fourth-order valence-electron chi connectivity index (χ4n) is 2.46. The van der Waals surface area contributed by atoms with Gasteiger partial charge in [-0.1, -0.05) is 18.2 Å². The van der Waals surface area contributed by atoms with Crippen molar-refractivity contribution in [1.82, 2.24) is 24.4 Å². The normalized spacial score (nSPS) is 11.0. The topological polar surface area (TPSA) is 67.6 Å². The molecular formula is C16H15F2N5OS. The Hall–Kier alpha value is -2.81. The molecule has 0 spiro atoms. The minimum absolute atomic E-state index is 0.176. The standard InChI is InChI=1S/C16H15F2N5OS/c17-15(18)22-9-8-19-13(22)6-7-20-14(24)12-10-21-16(25)23(12)11-4-2-1-3-5-11/h1-5,8-10,15H,6-7H2,(H,20,24)(H,21,25). The van der Waals surface area contributed by atoms with Gasteiger partial charge in [-0.05, 0) is 24.4 Å². The molecule has 3 aromatic rings. The smallest absolute Gasteiger partial charge is 0.319 e. The van der Waals surface area contributed by atoms with E-state index in [0.29, 0.717) is 10.5 Å². The van der Waals surface area contributed by atoms with Crippen molar-refractivity contribution < 1.29 is 13.6 Å². The van der Waals surface area contributed by atoms with E-state index in [9.17, 15) is 13.6 Å². The number of imidazole rings is 2. The van der Waals surface area contributed by atoms with Crippen LogP contribution in [0.4, 0.5) is 8.78 Å². The molecule has 0 unspecified atom stereocenters. The molecule has 0 aliphatic heterocycles. The van der Waals surface area contributed by atoms with Gasteiger partial charge in [0.25, 0.3) is 5.91 Å². The third kappa shape index (κ3) is 3.66. The van der Waals surface area contributed by atoms with E-state index in [1.54, 1.807) is 4.57 Å². The first kappa shape index (κ1) is 17.0. The quantitative estimate of drug-likeness (QED) is 0.662. The summed E-state index contributed by atoms with van der Waals surface area (Å²) in [6.07, 6.45) is 4.23. The van der Waals surface area contributed by atoms with Crippen LogP contribution in [-0.4, -0.2) is 31.6 Å². The lowest BCUT2D eigenvalue weighted by molar-refractivity contribution is 0.0670. The average Bonchev–Trinajstić information content (AvgIpc) is 3.22. The molecule has 2 aromatic heterocycles. The number of alkyl halides is 2. The van der Waals surface area contributed by atoms with E-state index in [-0.39, 0.29) is 24.7 Å². The van der Waals surface area contributed by atoms with Gasteiger partial charge in [-0.3, -0.25) is 13.9 Å². The van der Waals surface area contributed by atoms with Crippen LogP contribution in [0.2, 0.25) is 0 Å². The predicted molar refractivity (Wildman–Crippen MR) is 90.5 cm³/mol. The molecule has 0 aliphatic carbocycles. The van der Waals surface area contributed by atoms with Crippen molar-refractivity contribution in [3.8, 4) is 5.69 Å². The van der Waals surface area contributed by atoms with Crippen LogP contribution in [0.3, 0.4) is 0 Å². The van der Waals surface area contributed by atoms with Gasteiger partial charge >= 0.3 is 6.55 Å². The van der Waals surface area contributed by atoms with Crippen molar-refractivity contribution in [2.24, 2.45) is 0 Å². The third-order valence-electron chi connectivity index (χ3n) is 3.62. The number of carbonyl (C=O) groups is 1. The van der Waals surface area contributed by atoms with Crippen LogP contribution in [0.25, 0.3) is 5.69 Å². The number of halogens is 2. The number of aromatic nitrogens is 4. The number of nitrogens with zero attached hydrogens (tertiary/aromatic N) is 3. The van der Waals surface area contributed by atoms with E-state index in [0.717, 1.165) is 10.3 Å². The van der Waals surface area contributed by atoms with Crippen LogP contribution < -0.4 is 5.32 Å². The molecule has 2 N–H and O–H groups in total. The molecule has 0 radical (unpaired) electrons. The molecular weight excluding hydrogens is 348 g/mol. The van der Waals surface area contributed by atoms with Crippen LogP contribution in [0.1, 0.15) is 22.9 Å². The maximum Gasteiger partial charge on any atom is 0.319 e. The van der Waals surface area contributed by atoms with Crippen LogP contribution >= 0.6 is 12.2 Å². The number of carbonyl (C=O) groups excluding carboxylic acids is 1. The summed E-state index contributed by atoms with van der Waals surface area (Å²) in [6, 6.07) is 9.22. The van der Waals surface area contributed by atoms with Gasteiger partial charge in [-0.25, -0.2) is 4.98 Å². The van der Waals surface area contributed by atoms with Gasteiger partial charge in [0.2, 0.25) is 0 Å². The SMILES string of the molecule is O=C(NCCc1nccn1C(F)F)c1c[nH]c(=S)n1-c1ccccc1. The summed E-state index contributed by atoms with van der Waals surface area (Å²) in [4.78, 5) is 19.2. The summed E-state index contributed by atoms with van der Waals surface area (Å²) in [5, 5.41) is 2.70. The van der Waals surface area contributed by atoms with Gasteiger partial charge in [-0.15, -0.1) is 0 Å². The molecule has 3 rings (SSSR count). The second kappa shape index (κ2) is 7.39. The Bertz CT molecular complexity index is 916. The van der Waals surface area contributed by atoms with Crippen molar-refractivity contribution in [1.29, 1.82) is 0 Å². The molecule has 0 saturated carbocycles. The summed E-state index contributed by atoms with van der Waals surface area (Å²) in [5.74, 6) is -0.143. The molecule has 1 aromatic carbocycles. The number of H-pyrrole nitrogens is 1. The second-order valence-corrected chi connectivity index (χ2v) is 5.57. The zero-order chi connectivity index (χ0) is 17.8. The fourth-order valence-corrected chi connectivity index (χ4v) is 2.73. The zero-order valence-electron chi connectivity index (χ0n) is 13.0. The molecule has 6 nitrogen and oxygen atoms in total. The number of hydrogen-bond acceptors (Lipinski definition) is 3. The van der Waals surface area contributed by atoms with Gasteiger partial charge in [-0.2, -0.15) is 8.78 Å². The summed E-state index contributed by atoms with van der Waals surface area (Å²) in [7, 11) is 0. The first-order valence-corrected chi connectivity index (χ1v) is 7.92. The summed E-state index contributed by atoms with van der Waals surface area (Å²) in [6.45, 7) is -2.48. The van der Waals surface area contributed by atoms with Gasteiger partial charge in [0.1, 0.15) is 11.5 Å². The number of benzene rings is 1. The molecule has 0 saturated heterocycles. The molecule has 9 heteroatoms. The number of hydrogen-bond donors (Lipinski definition) is 2. The van der Waals surface area contributed by atoms with Crippen LogP contribution in [0.15, 0.2) is 48.9 Å². The predicted octanol–water partition coefficient (Wildman–Crippen LogP) is 3.10. The van der Waals surface area contributed by atoms with Gasteiger partial charge < -0.3 is 10.3 Å². The highest BCUT2D eigenvalue weighted by Crippen LogP contribution is 2.14. The Kier molecular flexibility index (Phi) is 5.03. The number of rotatable bonds is 6. The Balaban J connectivity index is 1.71. The van der Waals surface area contributed by atoms with Crippen LogP contribution in [-0.2, 0) is 6.42 Å². The van der Waals surface area contributed by atoms with Crippen molar-refractivity contribution in [2.45, 2.75) is 13.0 Å². The molecule has 25 heavy (non-hydrogen) atoms. The van der Waals surface area contributed by atoms with Gasteiger partial charge in [0.05, 0.1) is 0 Å². The minimum Gasteiger partial charge on any atom is -0.350 e. The highest BCUT2D eigenvalue weighted by atomic mass is 32.1. The van der Waals surface area contributed by atoms with E-state index in [1.165, 1.54) is 18.6 Å². The molecule has 0 fully saturated rings. The average molecular weight is 363 g/mol. The van der Waals surface area contributed by atoms with E-state index >= 15 is 0 Å². The Morgan fingerprint density at radius 1 is 1.32 bits per heavy atom. The van der Waals surface area contributed by atoms with Crippen molar-refractivity contribution in [2.75, 3.05) is 6.54 Å². The number of aromatic amines is 1. The number of nitrogens with one attached hydrogen (secondary N) is 2. The van der Waals surface area contributed by atoms with Crippen molar-refractivity contribution in [3.63, 3.8) is 0 Å². The van der Waals surface area contributed by atoms with Crippen LogP contribution in [0.5, 0.6) is 0 Å². The van der Waals surface area contributed by atoms with Crippen molar-refractivity contribution >= 4 is 18.1 Å². The van der Waals surface area contributed by atoms with E-state index in [1.807, 2.05) is 30.3 Å². The number of para-hydroxylation sites is 1. The second-order valence-electron chi connectivity index (χ2n) is 5.18. The first-order chi connectivity index (χ1) is 12.1. The molecule has 130 valence electrons. The lowest BCUT2D eigenvalue weighted by atomic mass is 10.3. The van der Waals surface area contributed by atoms with Crippen molar-refractivity contribution in [3.05, 3.63) is 65.2 Å². The lowest BCUT2D eigenvalue weighted by Gasteiger charge is -2.10. The highest BCUT2D eigenvalue weighted by molar-refractivity contribution is 7.71. The summed E-state index contributed by atoms with van der Waals surface area (Å²) in [5.41, 5.74) is 1.10. The van der Waals surface area contributed by atoms with Crippen LogP contribution in [0, 0.1) is 4.77 Å². The van der Waals surface area contributed by atoms with E-state index < -0.39 is 6.55 Å². The largest absolute Gasteiger partial charge is 0.350 e. The number of amides is 1. The summed E-state index contributed by atoms with van der Waals surface area (Å²) < 4.78 is 28.3. The molecule has 1 amide bonds. The van der Waals surface area contributed by atoms with E-state index in [2.05, 4.69) is 15.3 Å². The zero-order valence-corrected chi connectivity index (χ0v) is 13.8. The highest BCUT2D eigenvalue weighted by Gasteiger charge is 2.15. The molecule has 0 atom stereocenters. The van der Waals surface area contributed by atoms with Gasteiger partial charge in [0, 0.05) is 37.2 Å². The minimum atomic E-state index is -2.65.